The minimum Gasteiger partial charge on any atom is -0.465 e. The number of carboxylic acid groups (broad SMARTS) is 1. The summed E-state index contributed by atoms with van der Waals surface area (Å²) < 4.78 is 5.35. The van der Waals surface area contributed by atoms with Crippen molar-refractivity contribution in [1.29, 1.82) is 0 Å². The summed E-state index contributed by atoms with van der Waals surface area (Å²) in [6.07, 6.45) is -0.298. The number of amides is 5. The SMILES string of the molecule is CCCCOCC(O)CN1C(=O)NC(=O)C(CC)(c2ccccc2)C1=O.NC(=O)O. The van der Waals surface area contributed by atoms with Gasteiger partial charge in [-0.15, -0.1) is 0 Å². The van der Waals surface area contributed by atoms with Gasteiger partial charge >= 0.3 is 12.1 Å². The van der Waals surface area contributed by atoms with Gasteiger partial charge < -0.3 is 20.7 Å². The lowest BCUT2D eigenvalue weighted by atomic mass is 9.74. The first kappa shape index (κ1) is 25.1. The monoisotopic (exact) mass is 423 g/mol. The highest BCUT2D eigenvalue weighted by Crippen LogP contribution is 2.33. The summed E-state index contributed by atoms with van der Waals surface area (Å²) in [7, 11) is 0. The van der Waals surface area contributed by atoms with Crippen LogP contribution in [-0.2, 0) is 19.7 Å². The highest BCUT2D eigenvalue weighted by molar-refractivity contribution is 6.22. The molecule has 0 saturated carbocycles. The lowest BCUT2D eigenvalue weighted by Crippen LogP contribution is -2.66. The van der Waals surface area contributed by atoms with Gasteiger partial charge in [-0.1, -0.05) is 50.6 Å². The molecule has 5 amide bonds. The zero-order chi connectivity index (χ0) is 22.7. The molecule has 0 spiro atoms. The number of ether oxygens (including phenoxy) is 1. The number of carbonyl (C=O) groups is 4. The number of primary amides is 1. The number of aliphatic hydroxyl groups excluding tert-OH is 1. The summed E-state index contributed by atoms with van der Waals surface area (Å²) in [6, 6.07) is 7.85. The molecule has 1 heterocycles. The van der Waals surface area contributed by atoms with E-state index in [4.69, 9.17) is 14.6 Å². The largest absolute Gasteiger partial charge is 0.465 e. The Balaban J connectivity index is 0.00000103. The zero-order valence-corrected chi connectivity index (χ0v) is 17.2. The van der Waals surface area contributed by atoms with Gasteiger partial charge in [0.1, 0.15) is 0 Å². The van der Waals surface area contributed by atoms with E-state index in [0.717, 1.165) is 17.7 Å². The lowest BCUT2D eigenvalue weighted by molar-refractivity contribution is -0.146. The molecule has 10 nitrogen and oxygen atoms in total. The Hall–Kier alpha value is -2.98. The Labute approximate surface area is 175 Å². The predicted octanol–water partition coefficient (Wildman–Crippen LogP) is 1.21. The summed E-state index contributed by atoms with van der Waals surface area (Å²) >= 11 is 0. The van der Waals surface area contributed by atoms with Gasteiger partial charge in [0.25, 0.3) is 5.91 Å². The van der Waals surface area contributed by atoms with E-state index in [1.807, 2.05) is 6.92 Å². The normalized spacial score (nSPS) is 19.6. The number of carbonyl (C=O) groups excluding carboxylic acids is 3. The molecule has 2 unspecified atom stereocenters. The Morgan fingerprint density at radius 3 is 2.37 bits per heavy atom. The van der Waals surface area contributed by atoms with Crippen LogP contribution >= 0.6 is 0 Å². The molecule has 2 atom stereocenters. The van der Waals surface area contributed by atoms with Crippen LogP contribution in [0.15, 0.2) is 30.3 Å². The molecule has 2 rings (SSSR count). The fourth-order valence-corrected chi connectivity index (χ4v) is 3.08. The van der Waals surface area contributed by atoms with E-state index in [2.05, 4.69) is 11.1 Å². The van der Waals surface area contributed by atoms with Crippen molar-refractivity contribution in [2.75, 3.05) is 19.8 Å². The summed E-state index contributed by atoms with van der Waals surface area (Å²) in [4.78, 5) is 47.6. The van der Waals surface area contributed by atoms with Crippen LogP contribution in [0.25, 0.3) is 0 Å². The molecule has 0 radical (unpaired) electrons. The first-order chi connectivity index (χ1) is 14.2. The van der Waals surface area contributed by atoms with E-state index in [0.29, 0.717) is 12.2 Å². The second kappa shape index (κ2) is 11.9. The minimum absolute atomic E-state index is 0.0233. The Kier molecular flexibility index (Phi) is 9.93. The van der Waals surface area contributed by atoms with E-state index in [1.54, 1.807) is 37.3 Å². The molecular weight excluding hydrogens is 394 g/mol. The highest BCUT2D eigenvalue weighted by atomic mass is 16.5. The Bertz CT molecular complexity index is 737. The fraction of sp³-hybridized carbons (Fsp3) is 0.500. The molecular formula is C20H29N3O7. The number of nitrogens with one attached hydrogen (secondary N) is 1. The number of unbranched alkanes of at least 4 members (excludes halogenated alkanes) is 1. The summed E-state index contributed by atoms with van der Waals surface area (Å²) in [5.41, 5.74) is 3.08. The van der Waals surface area contributed by atoms with Gasteiger partial charge in [0.2, 0.25) is 5.91 Å². The number of aliphatic hydroxyl groups is 1. The van der Waals surface area contributed by atoms with Crippen molar-refractivity contribution in [3.8, 4) is 0 Å². The van der Waals surface area contributed by atoms with Crippen molar-refractivity contribution >= 4 is 23.9 Å². The fourth-order valence-electron chi connectivity index (χ4n) is 3.08. The Morgan fingerprint density at radius 1 is 1.23 bits per heavy atom. The Morgan fingerprint density at radius 2 is 1.83 bits per heavy atom. The van der Waals surface area contributed by atoms with Gasteiger partial charge in [-0.3, -0.25) is 19.8 Å². The maximum Gasteiger partial charge on any atom is 0.402 e. The van der Waals surface area contributed by atoms with Crippen molar-refractivity contribution in [2.45, 2.75) is 44.6 Å². The minimum atomic E-state index is -1.47. The number of hydrogen-bond acceptors (Lipinski definition) is 6. The molecule has 1 aliphatic heterocycles. The van der Waals surface area contributed by atoms with E-state index < -0.39 is 35.5 Å². The average molecular weight is 423 g/mol. The van der Waals surface area contributed by atoms with Crippen LogP contribution in [0.2, 0.25) is 0 Å². The highest BCUT2D eigenvalue weighted by Gasteiger charge is 2.54. The number of barbiturate groups is 1. The lowest BCUT2D eigenvalue weighted by Gasteiger charge is -2.39. The van der Waals surface area contributed by atoms with Crippen molar-refractivity contribution in [3.05, 3.63) is 35.9 Å². The molecule has 0 bridgehead atoms. The van der Waals surface area contributed by atoms with Crippen molar-refractivity contribution in [3.63, 3.8) is 0 Å². The number of β-amino-alcohol motifs (C(OH)–C–C–N with tert-alkyl or cyclic N) is 1. The third-order valence-corrected chi connectivity index (χ3v) is 4.61. The quantitative estimate of drug-likeness (QED) is 0.343. The van der Waals surface area contributed by atoms with Gasteiger partial charge in [-0.25, -0.2) is 9.59 Å². The third kappa shape index (κ3) is 6.26. The first-order valence-corrected chi connectivity index (χ1v) is 9.67. The number of nitrogens with two attached hydrogens (primary N) is 1. The van der Waals surface area contributed by atoms with Gasteiger partial charge in [0.15, 0.2) is 5.41 Å². The van der Waals surface area contributed by atoms with E-state index in [-0.39, 0.29) is 19.6 Å². The second-order valence-corrected chi connectivity index (χ2v) is 6.72. The molecule has 30 heavy (non-hydrogen) atoms. The van der Waals surface area contributed by atoms with Crippen molar-refractivity contribution < 1.29 is 34.1 Å². The molecule has 0 aliphatic carbocycles. The number of hydrogen-bond donors (Lipinski definition) is 4. The summed E-state index contributed by atoms with van der Waals surface area (Å²) in [6.45, 7) is 4.06. The van der Waals surface area contributed by atoms with E-state index in [1.165, 1.54) is 0 Å². The van der Waals surface area contributed by atoms with Crippen LogP contribution < -0.4 is 11.1 Å². The van der Waals surface area contributed by atoms with Crippen LogP contribution in [0, 0.1) is 0 Å². The third-order valence-electron chi connectivity index (χ3n) is 4.61. The zero-order valence-electron chi connectivity index (χ0n) is 17.2. The van der Waals surface area contributed by atoms with E-state index in [9.17, 15) is 19.5 Å². The average Bonchev–Trinajstić information content (AvgIpc) is 2.69. The predicted molar refractivity (Wildman–Crippen MR) is 108 cm³/mol. The van der Waals surface area contributed by atoms with Gasteiger partial charge in [-0.05, 0) is 18.4 Å². The van der Waals surface area contributed by atoms with Crippen LogP contribution in [0.1, 0.15) is 38.7 Å². The van der Waals surface area contributed by atoms with Crippen molar-refractivity contribution in [1.82, 2.24) is 10.2 Å². The maximum absolute atomic E-state index is 13.1. The summed E-state index contributed by atoms with van der Waals surface area (Å²) in [5, 5.41) is 19.6. The van der Waals surface area contributed by atoms with Crippen molar-refractivity contribution in [2.24, 2.45) is 5.73 Å². The molecule has 1 aliphatic rings. The molecule has 1 aromatic carbocycles. The van der Waals surface area contributed by atoms with Crippen LogP contribution in [0.4, 0.5) is 9.59 Å². The molecule has 5 N–H and O–H groups in total. The smallest absolute Gasteiger partial charge is 0.402 e. The number of rotatable bonds is 9. The molecule has 1 saturated heterocycles. The molecule has 1 aromatic rings. The second-order valence-electron chi connectivity index (χ2n) is 6.72. The standard InChI is InChI=1S/C19H26N2O5.CH3NO2/c1-3-5-11-26-13-15(22)12-21-17(24)19(4-2,16(23)20-18(21)25)14-9-7-6-8-10-14;2-1(3)4/h6-10,15,22H,3-5,11-13H2,1-2H3,(H,20,23,25);2H2,(H,3,4). The number of imide groups is 2. The topological polar surface area (TPSA) is 159 Å². The number of benzene rings is 1. The maximum atomic E-state index is 13.1. The van der Waals surface area contributed by atoms with Gasteiger partial charge in [0, 0.05) is 6.61 Å². The molecule has 166 valence electrons. The van der Waals surface area contributed by atoms with Crippen LogP contribution in [0.3, 0.4) is 0 Å². The van der Waals surface area contributed by atoms with Crippen LogP contribution in [-0.4, -0.2) is 64.9 Å². The first-order valence-electron chi connectivity index (χ1n) is 9.67. The molecule has 1 fully saturated rings. The number of nitrogens with zero attached hydrogens (tertiary/aromatic N) is 1. The van der Waals surface area contributed by atoms with Gasteiger partial charge in [0.05, 0.1) is 19.3 Å². The summed E-state index contributed by atoms with van der Waals surface area (Å²) in [5.74, 6) is -1.25. The van der Waals surface area contributed by atoms with E-state index >= 15 is 0 Å². The number of urea groups is 1. The molecule has 0 aromatic heterocycles. The van der Waals surface area contributed by atoms with Crippen LogP contribution in [0.5, 0.6) is 0 Å². The van der Waals surface area contributed by atoms with Gasteiger partial charge in [-0.2, -0.15) is 0 Å². The molecule has 10 heteroatoms.